The third kappa shape index (κ3) is 6.15. The maximum absolute atomic E-state index is 12.7. The fourth-order valence-electron chi connectivity index (χ4n) is 4.22. The molecule has 2 aliphatic heterocycles. The summed E-state index contributed by atoms with van der Waals surface area (Å²) in [4.78, 5) is 31.4. The van der Waals surface area contributed by atoms with E-state index in [9.17, 15) is 9.59 Å². The van der Waals surface area contributed by atoms with Crippen LogP contribution in [-0.4, -0.2) is 78.9 Å². The Morgan fingerprint density at radius 3 is 2.18 bits per heavy atom. The molecule has 28 heavy (non-hydrogen) atoms. The zero-order valence-electron chi connectivity index (χ0n) is 16.9. The molecule has 6 nitrogen and oxygen atoms in total. The molecule has 0 radical (unpaired) electrons. The molecular weight excluding hydrogens is 467 g/mol. The van der Waals surface area contributed by atoms with Crippen molar-refractivity contribution < 1.29 is 9.59 Å². The third-order valence-corrected chi connectivity index (χ3v) is 6.50. The summed E-state index contributed by atoms with van der Waals surface area (Å²) in [6.45, 7) is 10.5. The van der Waals surface area contributed by atoms with E-state index in [0.29, 0.717) is 24.9 Å². The molecule has 2 aliphatic rings. The van der Waals surface area contributed by atoms with Crippen LogP contribution in [0.2, 0.25) is 0 Å². The van der Waals surface area contributed by atoms with Crippen LogP contribution in [0.3, 0.4) is 0 Å². The van der Waals surface area contributed by atoms with Gasteiger partial charge in [0, 0.05) is 42.8 Å². The molecule has 154 valence electrons. The van der Waals surface area contributed by atoms with E-state index >= 15 is 0 Å². The van der Waals surface area contributed by atoms with Gasteiger partial charge in [0.25, 0.3) is 0 Å². The average molecular weight is 498 g/mol. The summed E-state index contributed by atoms with van der Waals surface area (Å²) in [7, 11) is 0. The number of piperidine rings is 1. The Hall–Kier alpha value is -1.19. The second-order valence-corrected chi connectivity index (χ2v) is 9.49. The van der Waals surface area contributed by atoms with E-state index in [2.05, 4.69) is 51.6 Å². The minimum Gasteiger partial charge on any atom is -0.341 e. The van der Waals surface area contributed by atoms with Crippen molar-refractivity contribution in [2.45, 2.75) is 20.3 Å². The number of rotatable bonds is 5. The molecule has 2 unspecified atom stereocenters. The van der Waals surface area contributed by atoms with Gasteiger partial charge in [0.15, 0.2) is 0 Å². The van der Waals surface area contributed by atoms with Gasteiger partial charge in [0.1, 0.15) is 0 Å². The lowest BCUT2D eigenvalue weighted by Gasteiger charge is -2.38. The Morgan fingerprint density at radius 2 is 1.57 bits per heavy atom. The van der Waals surface area contributed by atoms with Crippen LogP contribution in [0.1, 0.15) is 20.3 Å². The van der Waals surface area contributed by atoms with E-state index in [0.717, 1.165) is 48.5 Å². The highest BCUT2D eigenvalue weighted by molar-refractivity contribution is 14.1. The highest BCUT2D eigenvalue weighted by atomic mass is 127. The van der Waals surface area contributed by atoms with E-state index < -0.39 is 0 Å². The van der Waals surface area contributed by atoms with Gasteiger partial charge in [-0.1, -0.05) is 26.0 Å². The molecule has 2 fully saturated rings. The quantitative estimate of drug-likeness (QED) is 0.634. The number of carbonyl (C=O) groups excluding carboxylic acids is 2. The summed E-state index contributed by atoms with van der Waals surface area (Å²) >= 11 is 2.23. The predicted octanol–water partition coefficient (Wildman–Crippen LogP) is 2.35. The van der Waals surface area contributed by atoms with Crippen molar-refractivity contribution in [3.8, 4) is 0 Å². The van der Waals surface area contributed by atoms with Gasteiger partial charge in [-0.15, -0.1) is 0 Å². The number of hydrogen-bond acceptors (Lipinski definition) is 4. The molecule has 7 heteroatoms. The monoisotopic (exact) mass is 498 g/mol. The first kappa shape index (κ1) is 21.5. The molecular formula is C21H31IN4O2. The Labute approximate surface area is 181 Å². The van der Waals surface area contributed by atoms with Crippen molar-refractivity contribution in [3.05, 3.63) is 27.8 Å². The Kier molecular flexibility index (Phi) is 7.70. The summed E-state index contributed by atoms with van der Waals surface area (Å²) in [5, 5.41) is 2.99. The minimum absolute atomic E-state index is 0.0185. The van der Waals surface area contributed by atoms with E-state index in [1.807, 2.05) is 29.2 Å². The maximum Gasteiger partial charge on any atom is 0.238 e. The van der Waals surface area contributed by atoms with Gasteiger partial charge < -0.3 is 10.2 Å². The fraction of sp³-hybridized carbons (Fsp3) is 0.619. The molecule has 2 heterocycles. The second-order valence-electron chi connectivity index (χ2n) is 8.33. The summed E-state index contributed by atoms with van der Waals surface area (Å²) in [5.74, 6) is 1.46. The Balaban J connectivity index is 1.40. The van der Waals surface area contributed by atoms with Crippen LogP contribution in [0.5, 0.6) is 0 Å². The van der Waals surface area contributed by atoms with Crippen molar-refractivity contribution in [3.63, 3.8) is 0 Å². The van der Waals surface area contributed by atoms with E-state index in [1.165, 1.54) is 6.42 Å². The number of benzene rings is 1. The lowest BCUT2D eigenvalue weighted by Crippen LogP contribution is -2.52. The summed E-state index contributed by atoms with van der Waals surface area (Å²) in [6.07, 6.45) is 1.21. The predicted molar refractivity (Wildman–Crippen MR) is 120 cm³/mol. The van der Waals surface area contributed by atoms with Crippen LogP contribution in [-0.2, 0) is 9.59 Å². The van der Waals surface area contributed by atoms with E-state index in [-0.39, 0.29) is 11.8 Å². The largest absolute Gasteiger partial charge is 0.341 e. The van der Waals surface area contributed by atoms with Crippen LogP contribution < -0.4 is 5.32 Å². The Bertz CT molecular complexity index is 681. The zero-order valence-corrected chi connectivity index (χ0v) is 19.0. The third-order valence-electron chi connectivity index (χ3n) is 5.56. The van der Waals surface area contributed by atoms with Crippen LogP contribution >= 0.6 is 22.6 Å². The number of piperazine rings is 1. The topological polar surface area (TPSA) is 55.9 Å². The molecule has 0 aliphatic carbocycles. The molecule has 0 spiro atoms. The highest BCUT2D eigenvalue weighted by Crippen LogP contribution is 2.21. The first-order valence-corrected chi connectivity index (χ1v) is 11.3. The van der Waals surface area contributed by atoms with Gasteiger partial charge in [-0.05, 0) is 53.0 Å². The Morgan fingerprint density at radius 1 is 1.00 bits per heavy atom. The number of anilines is 1. The zero-order chi connectivity index (χ0) is 20.1. The van der Waals surface area contributed by atoms with Crippen molar-refractivity contribution in [2.24, 2.45) is 11.8 Å². The van der Waals surface area contributed by atoms with Crippen molar-refractivity contribution in [1.82, 2.24) is 14.7 Å². The molecule has 2 saturated heterocycles. The van der Waals surface area contributed by atoms with Crippen LogP contribution in [0.25, 0.3) is 0 Å². The lowest BCUT2D eigenvalue weighted by molar-refractivity contribution is -0.135. The van der Waals surface area contributed by atoms with Gasteiger partial charge in [-0.3, -0.25) is 19.4 Å². The normalized spacial score (nSPS) is 24.2. The number of hydrogen-bond donors (Lipinski definition) is 1. The van der Waals surface area contributed by atoms with Crippen molar-refractivity contribution in [2.75, 3.05) is 57.7 Å². The number of nitrogens with zero attached hydrogens (tertiary/aromatic N) is 3. The number of para-hydroxylation sites is 1. The number of likely N-dealkylation sites (tertiary alicyclic amines) is 1. The molecule has 0 bridgehead atoms. The molecule has 2 atom stereocenters. The van der Waals surface area contributed by atoms with Gasteiger partial charge in [0.05, 0.1) is 18.8 Å². The molecule has 3 rings (SSSR count). The summed E-state index contributed by atoms with van der Waals surface area (Å²) in [5.41, 5.74) is 0.863. The number of carbonyl (C=O) groups is 2. The molecule has 0 aromatic heterocycles. The smallest absolute Gasteiger partial charge is 0.238 e. The van der Waals surface area contributed by atoms with Crippen LogP contribution in [0.15, 0.2) is 24.3 Å². The van der Waals surface area contributed by atoms with Crippen LogP contribution in [0, 0.1) is 15.4 Å². The number of nitrogens with one attached hydrogen (secondary N) is 1. The van der Waals surface area contributed by atoms with Gasteiger partial charge in [-0.25, -0.2) is 0 Å². The molecule has 0 saturated carbocycles. The van der Waals surface area contributed by atoms with E-state index in [4.69, 9.17) is 0 Å². The SMILES string of the molecule is CC1CC(C)CN(C(=O)CN2CCN(CC(=O)Nc3ccccc3I)CC2)C1. The average Bonchev–Trinajstić information content (AvgIpc) is 2.64. The molecule has 1 N–H and O–H groups in total. The van der Waals surface area contributed by atoms with Crippen LogP contribution in [0.4, 0.5) is 5.69 Å². The molecule has 1 aromatic rings. The van der Waals surface area contributed by atoms with Gasteiger partial charge in [-0.2, -0.15) is 0 Å². The second kappa shape index (κ2) is 10.0. The lowest BCUT2D eigenvalue weighted by atomic mass is 9.92. The standard InChI is InChI=1S/C21H31IN4O2/c1-16-11-17(2)13-26(12-16)21(28)15-25-9-7-24(8-10-25)14-20(27)23-19-6-4-3-5-18(19)22/h3-6,16-17H,7-15H2,1-2H3,(H,23,27). The molecule has 2 amide bonds. The van der Waals surface area contributed by atoms with Gasteiger partial charge in [0.2, 0.25) is 11.8 Å². The van der Waals surface area contributed by atoms with Gasteiger partial charge >= 0.3 is 0 Å². The number of halogens is 1. The highest BCUT2D eigenvalue weighted by Gasteiger charge is 2.27. The minimum atomic E-state index is 0.0185. The fourth-order valence-corrected chi connectivity index (χ4v) is 4.74. The van der Waals surface area contributed by atoms with Crippen molar-refractivity contribution in [1.29, 1.82) is 0 Å². The molecule has 1 aromatic carbocycles. The maximum atomic E-state index is 12.7. The van der Waals surface area contributed by atoms with E-state index in [1.54, 1.807) is 0 Å². The first-order chi connectivity index (χ1) is 13.4. The van der Waals surface area contributed by atoms with Crippen molar-refractivity contribution >= 4 is 40.1 Å². The summed E-state index contributed by atoms with van der Waals surface area (Å²) in [6, 6.07) is 7.79. The first-order valence-electron chi connectivity index (χ1n) is 10.2. The number of amides is 2. The summed E-state index contributed by atoms with van der Waals surface area (Å²) < 4.78 is 1.04.